The lowest BCUT2D eigenvalue weighted by Gasteiger charge is -2.13. The van der Waals surface area contributed by atoms with Crippen LogP contribution in [-0.4, -0.2) is 17.1 Å². The van der Waals surface area contributed by atoms with Crippen LogP contribution in [0.1, 0.15) is 13.3 Å². The van der Waals surface area contributed by atoms with Gasteiger partial charge in [-0.15, -0.1) is 0 Å². The average Bonchev–Trinajstić information content (AvgIpc) is 2.14. The molecule has 0 fully saturated rings. The van der Waals surface area contributed by atoms with Crippen LogP contribution < -0.4 is 16.4 Å². The van der Waals surface area contributed by atoms with Gasteiger partial charge in [-0.1, -0.05) is 18.3 Å². The van der Waals surface area contributed by atoms with Crippen molar-refractivity contribution >= 4 is 28.9 Å². The van der Waals surface area contributed by atoms with Crippen LogP contribution in [0, 0.1) is 5.82 Å². The fourth-order valence-corrected chi connectivity index (χ4v) is 1.56. The third kappa shape index (κ3) is 5.26. The van der Waals surface area contributed by atoms with E-state index in [1.807, 2.05) is 0 Å². The van der Waals surface area contributed by atoms with E-state index in [-0.39, 0.29) is 6.04 Å². The Morgan fingerprint density at radius 1 is 1.59 bits per heavy atom. The van der Waals surface area contributed by atoms with Crippen LogP contribution in [-0.2, 0) is 0 Å². The highest BCUT2D eigenvalue weighted by Gasteiger charge is 2.08. The van der Waals surface area contributed by atoms with Gasteiger partial charge in [0.2, 0.25) is 0 Å². The van der Waals surface area contributed by atoms with Gasteiger partial charge in [-0.3, -0.25) is 0 Å². The van der Waals surface area contributed by atoms with Gasteiger partial charge in [-0.25, -0.2) is 9.18 Å². The van der Waals surface area contributed by atoms with E-state index in [2.05, 4.69) is 10.6 Å². The highest BCUT2D eigenvalue weighted by molar-refractivity contribution is 7.80. The zero-order valence-electron chi connectivity index (χ0n) is 9.37. The molecule has 1 atom stereocenters. The standard InChI is InChI=1S/C11H14FN3OS/c1-7(5-10(13)17)14-11(16)15-9-4-2-3-8(12)6-9/h2-4,6-7H,5H2,1H3,(H2,13,17)(H2,14,15,16). The molecule has 0 spiro atoms. The molecule has 92 valence electrons. The van der Waals surface area contributed by atoms with Crippen LogP contribution in [0.4, 0.5) is 14.9 Å². The smallest absolute Gasteiger partial charge is 0.319 e. The molecule has 1 aromatic carbocycles. The second kappa shape index (κ2) is 6.15. The van der Waals surface area contributed by atoms with E-state index >= 15 is 0 Å². The van der Waals surface area contributed by atoms with E-state index in [0.29, 0.717) is 17.1 Å². The van der Waals surface area contributed by atoms with Crippen molar-refractivity contribution in [1.82, 2.24) is 5.32 Å². The van der Waals surface area contributed by atoms with Gasteiger partial charge in [-0.2, -0.15) is 0 Å². The summed E-state index contributed by atoms with van der Waals surface area (Å²) in [7, 11) is 0. The first-order valence-electron chi connectivity index (χ1n) is 5.09. The third-order valence-corrected chi connectivity index (χ3v) is 2.13. The molecule has 4 nitrogen and oxygen atoms in total. The van der Waals surface area contributed by atoms with Crippen LogP contribution in [0.25, 0.3) is 0 Å². The maximum Gasteiger partial charge on any atom is 0.319 e. The monoisotopic (exact) mass is 255 g/mol. The van der Waals surface area contributed by atoms with E-state index in [9.17, 15) is 9.18 Å². The normalized spacial score (nSPS) is 11.6. The zero-order chi connectivity index (χ0) is 12.8. The van der Waals surface area contributed by atoms with E-state index in [1.165, 1.54) is 18.2 Å². The van der Waals surface area contributed by atoms with E-state index in [0.717, 1.165) is 0 Å². The van der Waals surface area contributed by atoms with Crippen molar-refractivity contribution in [3.05, 3.63) is 30.1 Å². The molecule has 1 unspecified atom stereocenters. The predicted octanol–water partition coefficient (Wildman–Crippen LogP) is 2.01. The summed E-state index contributed by atoms with van der Waals surface area (Å²) < 4.78 is 12.8. The van der Waals surface area contributed by atoms with Crippen molar-refractivity contribution < 1.29 is 9.18 Å². The number of halogens is 1. The second-order valence-electron chi connectivity index (χ2n) is 3.68. The van der Waals surface area contributed by atoms with Gasteiger partial charge in [0.25, 0.3) is 0 Å². The number of anilines is 1. The molecule has 0 aromatic heterocycles. The number of rotatable bonds is 4. The number of nitrogens with two attached hydrogens (primary N) is 1. The van der Waals surface area contributed by atoms with Gasteiger partial charge in [0.1, 0.15) is 5.82 Å². The van der Waals surface area contributed by atoms with Crippen molar-refractivity contribution in [2.24, 2.45) is 5.73 Å². The molecule has 6 heteroatoms. The number of carbonyl (C=O) groups excluding carboxylic acids is 1. The number of hydrogen-bond acceptors (Lipinski definition) is 2. The Bertz CT molecular complexity index is 425. The molecule has 0 aliphatic heterocycles. The first kappa shape index (κ1) is 13.4. The molecular formula is C11H14FN3OS. The van der Waals surface area contributed by atoms with Crippen molar-refractivity contribution in [2.45, 2.75) is 19.4 Å². The molecule has 0 saturated heterocycles. The summed E-state index contributed by atoms with van der Waals surface area (Å²) in [5.41, 5.74) is 5.75. The van der Waals surface area contributed by atoms with E-state index in [4.69, 9.17) is 18.0 Å². The van der Waals surface area contributed by atoms with E-state index < -0.39 is 11.8 Å². The molecule has 0 aliphatic rings. The minimum Gasteiger partial charge on any atom is -0.393 e. The summed E-state index contributed by atoms with van der Waals surface area (Å²) >= 11 is 4.73. The largest absolute Gasteiger partial charge is 0.393 e. The highest BCUT2D eigenvalue weighted by Crippen LogP contribution is 2.08. The van der Waals surface area contributed by atoms with Crippen LogP contribution in [0.15, 0.2) is 24.3 Å². The Kier molecular flexibility index (Phi) is 4.84. The number of benzene rings is 1. The molecule has 2 amide bonds. The molecule has 1 aromatic rings. The molecular weight excluding hydrogens is 241 g/mol. The average molecular weight is 255 g/mol. The predicted molar refractivity (Wildman–Crippen MR) is 69.4 cm³/mol. The van der Waals surface area contributed by atoms with E-state index in [1.54, 1.807) is 13.0 Å². The van der Waals surface area contributed by atoms with Crippen LogP contribution in [0.2, 0.25) is 0 Å². The topological polar surface area (TPSA) is 67.1 Å². The van der Waals surface area contributed by atoms with Gasteiger partial charge >= 0.3 is 6.03 Å². The number of carbonyl (C=O) groups is 1. The molecule has 0 bridgehead atoms. The quantitative estimate of drug-likeness (QED) is 0.721. The first-order valence-corrected chi connectivity index (χ1v) is 5.49. The number of nitrogens with one attached hydrogen (secondary N) is 2. The maximum absolute atomic E-state index is 12.8. The summed E-state index contributed by atoms with van der Waals surface area (Å²) in [4.78, 5) is 11.8. The van der Waals surface area contributed by atoms with Crippen molar-refractivity contribution in [3.63, 3.8) is 0 Å². The third-order valence-electron chi connectivity index (χ3n) is 1.97. The molecule has 0 aliphatic carbocycles. The van der Waals surface area contributed by atoms with Crippen molar-refractivity contribution in [1.29, 1.82) is 0 Å². The molecule has 17 heavy (non-hydrogen) atoms. The minimum atomic E-state index is -0.417. The lowest BCUT2D eigenvalue weighted by molar-refractivity contribution is 0.249. The Morgan fingerprint density at radius 3 is 2.88 bits per heavy atom. The fraction of sp³-hybridized carbons (Fsp3) is 0.273. The van der Waals surface area contributed by atoms with Crippen molar-refractivity contribution in [2.75, 3.05) is 5.32 Å². The molecule has 1 rings (SSSR count). The lowest BCUT2D eigenvalue weighted by atomic mass is 10.2. The Hall–Kier alpha value is -1.69. The summed E-state index contributed by atoms with van der Waals surface area (Å²) in [6, 6.07) is 5.07. The number of thiocarbonyl (C=S) groups is 1. The minimum absolute atomic E-state index is 0.166. The fourth-order valence-electron chi connectivity index (χ4n) is 1.31. The zero-order valence-corrected chi connectivity index (χ0v) is 10.2. The number of amides is 2. The van der Waals surface area contributed by atoms with Crippen molar-refractivity contribution in [3.8, 4) is 0 Å². The van der Waals surface area contributed by atoms with Gasteiger partial charge in [0.05, 0.1) is 4.99 Å². The Balaban J connectivity index is 2.47. The molecule has 4 N–H and O–H groups in total. The molecule has 0 heterocycles. The first-order chi connectivity index (χ1) is 7.97. The number of hydrogen-bond donors (Lipinski definition) is 3. The molecule has 0 saturated carbocycles. The Labute approximate surface area is 104 Å². The van der Waals surface area contributed by atoms with Gasteiger partial charge in [-0.05, 0) is 25.1 Å². The summed E-state index contributed by atoms with van der Waals surface area (Å²) in [6.07, 6.45) is 0.423. The molecule has 0 radical (unpaired) electrons. The number of urea groups is 1. The SMILES string of the molecule is CC(CC(N)=S)NC(=O)Nc1cccc(F)c1. The van der Waals surface area contributed by atoms with Gasteiger partial charge < -0.3 is 16.4 Å². The Morgan fingerprint density at radius 2 is 2.29 bits per heavy atom. The van der Waals surface area contributed by atoms with Crippen LogP contribution >= 0.6 is 12.2 Å². The second-order valence-corrected chi connectivity index (χ2v) is 4.20. The van der Waals surface area contributed by atoms with Crippen LogP contribution in [0.3, 0.4) is 0 Å². The summed E-state index contributed by atoms with van der Waals surface area (Å²) in [5.74, 6) is -0.404. The lowest BCUT2D eigenvalue weighted by Crippen LogP contribution is -2.38. The highest BCUT2D eigenvalue weighted by atomic mass is 32.1. The maximum atomic E-state index is 12.8. The summed E-state index contributed by atoms with van der Waals surface area (Å²) in [6.45, 7) is 1.78. The van der Waals surface area contributed by atoms with Gasteiger partial charge in [0, 0.05) is 18.2 Å². The summed E-state index contributed by atoms with van der Waals surface area (Å²) in [5, 5.41) is 5.15. The van der Waals surface area contributed by atoms with Gasteiger partial charge in [0.15, 0.2) is 0 Å². The van der Waals surface area contributed by atoms with Crippen LogP contribution in [0.5, 0.6) is 0 Å².